The average molecular weight is 281 g/mol. The highest BCUT2D eigenvalue weighted by Gasteiger charge is 2.04. The molecule has 0 saturated carbocycles. The second-order valence-electron chi connectivity index (χ2n) is 3.10. The van der Waals surface area contributed by atoms with Gasteiger partial charge in [-0.3, -0.25) is 4.79 Å². The lowest BCUT2D eigenvalue weighted by molar-refractivity contribution is 0.414. The van der Waals surface area contributed by atoms with E-state index >= 15 is 0 Å². The van der Waals surface area contributed by atoms with Gasteiger partial charge in [0.15, 0.2) is 0 Å². The van der Waals surface area contributed by atoms with Crippen molar-refractivity contribution in [3.05, 3.63) is 51.4 Å². The predicted molar refractivity (Wildman–Crippen MR) is 64.1 cm³/mol. The second kappa shape index (κ2) is 4.49. The topological polar surface area (TPSA) is 44.1 Å². The number of methoxy groups -OCH3 is 1. The van der Waals surface area contributed by atoms with Crippen LogP contribution in [0.25, 0.3) is 5.69 Å². The molecule has 1 heterocycles. The van der Waals surface area contributed by atoms with Crippen molar-refractivity contribution in [1.82, 2.24) is 9.78 Å². The summed E-state index contributed by atoms with van der Waals surface area (Å²) in [7, 11) is 1.58. The number of hydrogen-bond acceptors (Lipinski definition) is 3. The third-order valence-electron chi connectivity index (χ3n) is 2.10. The fourth-order valence-electron chi connectivity index (χ4n) is 1.32. The van der Waals surface area contributed by atoms with Gasteiger partial charge >= 0.3 is 0 Å². The van der Waals surface area contributed by atoms with Crippen molar-refractivity contribution in [2.24, 2.45) is 0 Å². The first kappa shape index (κ1) is 10.9. The molecule has 0 aliphatic heterocycles. The Labute approximate surface area is 101 Å². The highest BCUT2D eigenvalue weighted by atomic mass is 79.9. The summed E-state index contributed by atoms with van der Waals surface area (Å²) >= 11 is 3.17. The van der Waals surface area contributed by atoms with Crippen LogP contribution in [0.5, 0.6) is 5.75 Å². The summed E-state index contributed by atoms with van der Waals surface area (Å²) in [6.45, 7) is 0. The summed E-state index contributed by atoms with van der Waals surface area (Å²) in [6.07, 6.45) is 1.56. The predicted octanol–water partition coefficient (Wildman–Crippen LogP) is 2.00. The molecule has 1 aromatic carbocycles. The van der Waals surface area contributed by atoms with E-state index in [2.05, 4.69) is 21.0 Å². The Hall–Kier alpha value is -1.62. The Morgan fingerprint density at radius 1 is 1.38 bits per heavy atom. The van der Waals surface area contributed by atoms with Crippen LogP contribution in [0, 0.1) is 0 Å². The molecule has 0 radical (unpaired) electrons. The maximum absolute atomic E-state index is 11.8. The number of ether oxygens (including phenoxy) is 1. The summed E-state index contributed by atoms with van der Waals surface area (Å²) in [5.74, 6) is 0.686. The molecule has 0 spiro atoms. The summed E-state index contributed by atoms with van der Waals surface area (Å²) in [5.41, 5.74) is 0.474. The first-order chi connectivity index (χ1) is 7.72. The van der Waals surface area contributed by atoms with E-state index in [1.165, 1.54) is 4.68 Å². The molecular weight excluding hydrogens is 272 g/mol. The number of hydrogen-bond donors (Lipinski definition) is 0. The van der Waals surface area contributed by atoms with E-state index in [1.807, 2.05) is 12.1 Å². The van der Waals surface area contributed by atoms with Gasteiger partial charge in [0.05, 0.1) is 17.3 Å². The molecule has 2 rings (SSSR count). The molecule has 82 valence electrons. The SMILES string of the molecule is COc1cccc(-n2nccc(Br)c2=O)c1. The maximum Gasteiger partial charge on any atom is 0.285 e. The van der Waals surface area contributed by atoms with E-state index in [4.69, 9.17) is 4.74 Å². The van der Waals surface area contributed by atoms with E-state index < -0.39 is 0 Å². The van der Waals surface area contributed by atoms with Crippen LogP contribution in [-0.2, 0) is 0 Å². The maximum atomic E-state index is 11.8. The van der Waals surface area contributed by atoms with Crippen molar-refractivity contribution in [3.8, 4) is 11.4 Å². The molecular formula is C11H9BrN2O2. The van der Waals surface area contributed by atoms with Crippen LogP contribution >= 0.6 is 15.9 Å². The van der Waals surface area contributed by atoms with Crippen molar-refractivity contribution in [2.75, 3.05) is 7.11 Å². The molecule has 2 aromatic rings. The molecule has 0 bridgehead atoms. The van der Waals surface area contributed by atoms with Crippen LogP contribution in [0.1, 0.15) is 0 Å². The third kappa shape index (κ3) is 1.99. The molecule has 0 N–H and O–H groups in total. The van der Waals surface area contributed by atoms with E-state index in [0.717, 1.165) is 0 Å². The molecule has 5 heteroatoms. The lowest BCUT2D eigenvalue weighted by Gasteiger charge is -2.06. The first-order valence-electron chi connectivity index (χ1n) is 4.60. The Kier molecular flexibility index (Phi) is 3.05. The van der Waals surface area contributed by atoms with Gasteiger partial charge in [0, 0.05) is 12.3 Å². The first-order valence-corrected chi connectivity index (χ1v) is 5.40. The van der Waals surface area contributed by atoms with Crippen LogP contribution in [0.4, 0.5) is 0 Å². The summed E-state index contributed by atoms with van der Waals surface area (Å²) < 4.78 is 6.88. The van der Waals surface area contributed by atoms with E-state index in [1.54, 1.807) is 31.5 Å². The zero-order chi connectivity index (χ0) is 11.5. The molecule has 4 nitrogen and oxygen atoms in total. The van der Waals surface area contributed by atoms with Gasteiger partial charge in [-0.2, -0.15) is 9.78 Å². The normalized spacial score (nSPS) is 10.1. The lowest BCUT2D eigenvalue weighted by atomic mass is 10.3. The molecule has 0 saturated heterocycles. The van der Waals surface area contributed by atoms with Gasteiger partial charge in [-0.25, -0.2) is 0 Å². The highest BCUT2D eigenvalue weighted by molar-refractivity contribution is 9.10. The Morgan fingerprint density at radius 3 is 2.94 bits per heavy atom. The molecule has 0 fully saturated rings. The van der Waals surface area contributed by atoms with Crippen molar-refractivity contribution in [1.29, 1.82) is 0 Å². The molecule has 0 amide bonds. The molecule has 16 heavy (non-hydrogen) atoms. The monoisotopic (exact) mass is 280 g/mol. The molecule has 0 unspecified atom stereocenters. The number of aromatic nitrogens is 2. The van der Waals surface area contributed by atoms with E-state index in [-0.39, 0.29) is 5.56 Å². The zero-order valence-corrected chi connectivity index (χ0v) is 10.1. The minimum absolute atomic E-state index is 0.198. The molecule has 0 aliphatic carbocycles. The van der Waals surface area contributed by atoms with Gasteiger partial charge in [-0.05, 0) is 34.1 Å². The summed E-state index contributed by atoms with van der Waals surface area (Å²) in [4.78, 5) is 11.8. The summed E-state index contributed by atoms with van der Waals surface area (Å²) in [6, 6.07) is 8.78. The largest absolute Gasteiger partial charge is 0.497 e. The van der Waals surface area contributed by atoms with Gasteiger partial charge in [-0.15, -0.1) is 0 Å². The van der Waals surface area contributed by atoms with Gasteiger partial charge in [0.25, 0.3) is 5.56 Å². The lowest BCUT2D eigenvalue weighted by Crippen LogP contribution is -2.20. The van der Waals surface area contributed by atoms with Crippen molar-refractivity contribution < 1.29 is 4.74 Å². The Balaban J connectivity index is 2.59. The fourth-order valence-corrected chi connectivity index (χ4v) is 1.60. The third-order valence-corrected chi connectivity index (χ3v) is 2.70. The molecule has 0 aliphatic rings. The van der Waals surface area contributed by atoms with Crippen LogP contribution < -0.4 is 10.3 Å². The summed E-state index contributed by atoms with van der Waals surface area (Å²) in [5, 5.41) is 4.00. The molecule has 1 aromatic heterocycles. The Morgan fingerprint density at radius 2 is 2.19 bits per heavy atom. The van der Waals surface area contributed by atoms with Gasteiger partial charge in [-0.1, -0.05) is 6.07 Å². The quantitative estimate of drug-likeness (QED) is 0.845. The van der Waals surface area contributed by atoms with Crippen LogP contribution in [0.15, 0.2) is 45.8 Å². The Bertz CT molecular complexity index is 566. The smallest absolute Gasteiger partial charge is 0.285 e. The van der Waals surface area contributed by atoms with Crippen LogP contribution in [0.2, 0.25) is 0 Å². The van der Waals surface area contributed by atoms with E-state index in [9.17, 15) is 4.79 Å². The van der Waals surface area contributed by atoms with Crippen molar-refractivity contribution in [2.45, 2.75) is 0 Å². The average Bonchev–Trinajstić information content (AvgIpc) is 2.33. The number of rotatable bonds is 2. The number of nitrogens with zero attached hydrogens (tertiary/aromatic N) is 2. The van der Waals surface area contributed by atoms with E-state index in [0.29, 0.717) is 15.9 Å². The minimum atomic E-state index is -0.198. The van der Waals surface area contributed by atoms with Crippen LogP contribution in [-0.4, -0.2) is 16.9 Å². The standard InChI is InChI=1S/C11H9BrN2O2/c1-16-9-4-2-3-8(7-9)14-11(15)10(12)5-6-13-14/h2-7H,1H3. The van der Waals surface area contributed by atoms with Crippen molar-refractivity contribution in [3.63, 3.8) is 0 Å². The van der Waals surface area contributed by atoms with Crippen molar-refractivity contribution >= 4 is 15.9 Å². The number of benzene rings is 1. The van der Waals surface area contributed by atoms with Gasteiger partial charge in [0.1, 0.15) is 5.75 Å². The molecule has 0 atom stereocenters. The number of halogens is 1. The van der Waals surface area contributed by atoms with Crippen LogP contribution in [0.3, 0.4) is 0 Å². The van der Waals surface area contributed by atoms with Gasteiger partial charge < -0.3 is 4.74 Å². The minimum Gasteiger partial charge on any atom is -0.497 e. The fraction of sp³-hybridized carbons (Fsp3) is 0.0909. The second-order valence-corrected chi connectivity index (χ2v) is 3.95. The van der Waals surface area contributed by atoms with Gasteiger partial charge in [0.2, 0.25) is 0 Å². The zero-order valence-electron chi connectivity index (χ0n) is 8.55. The highest BCUT2D eigenvalue weighted by Crippen LogP contribution is 2.14.